The molecular formula is C9H18N2O2. The number of carbonyl (C=O) groups excluding carboxylic acids is 1. The Bertz CT molecular complexity index is 196. The van der Waals surface area contributed by atoms with Crippen LogP contribution in [0.3, 0.4) is 0 Å². The maximum atomic E-state index is 11.0. The molecule has 4 N–H and O–H groups in total. The van der Waals surface area contributed by atoms with Crippen molar-refractivity contribution >= 4 is 5.91 Å². The van der Waals surface area contributed by atoms with E-state index >= 15 is 0 Å². The monoisotopic (exact) mass is 186 g/mol. The number of hydrazine groups is 1. The molecule has 0 saturated heterocycles. The van der Waals surface area contributed by atoms with E-state index in [4.69, 9.17) is 5.84 Å². The van der Waals surface area contributed by atoms with Crippen molar-refractivity contribution in [3.05, 3.63) is 0 Å². The Hall–Kier alpha value is -0.610. The standard InChI is InChI=1S/C9H18N2O2/c1-7-3-2-4-9(13,5-7)6-8(12)11-10/h7,13H,2-6,10H2,1H3,(H,11,12). The Balaban J connectivity index is 2.49. The van der Waals surface area contributed by atoms with Gasteiger partial charge in [0.05, 0.1) is 12.0 Å². The third kappa shape index (κ3) is 2.97. The predicted octanol–water partition coefficient (Wildman–Crippen LogP) is 0.308. The highest BCUT2D eigenvalue weighted by atomic mass is 16.3. The van der Waals surface area contributed by atoms with Crippen molar-refractivity contribution in [3.63, 3.8) is 0 Å². The number of hydrogen-bond donors (Lipinski definition) is 3. The molecule has 0 bridgehead atoms. The van der Waals surface area contributed by atoms with Crippen molar-refractivity contribution in [2.45, 2.75) is 44.6 Å². The van der Waals surface area contributed by atoms with Gasteiger partial charge in [0.15, 0.2) is 0 Å². The molecule has 1 saturated carbocycles. The Morgan fingerprint density at radius 1 is 1.77 bits per heavy atom. The fraction of sp³-hybridized carbons (Fsp3) is 0.889. The SMILES string of the molecule is CC1CCCC(O)(CC(=O)NN)C1. The minimum atomic E-state index is -0.818. The summed E-state index contributed by atoms with van der Waals surface area (Å²) in [5, 5.41) is 10.0. The van der Waals surface area contributed by atoms with E-state index in [-0.39, 0.29) is 12.3 Å². The lowest BCUT2D eigenvalue weighted by Gasteiger charge is -2.34. The minimum absolute atomic E-state index is 0.133. The van der Waals surface area contributed by atoms with E-state index < -0.39 is 5.60 Å². The molecule has 0 aromatic carbocycles. The topological polar surface area (TPSA) is 75.3 Å². The smallest absolute Gasteiger partial charge is 0.236 e. The summed E-state index contributed by atoms with van der Waals surface area (Å²) in [7, 11) is 0. The third-order valence-corrected chi connectivity index (χ3v) is 2.72. The number of hydrogen-bond acceptors (Lipinski definition) is 3. The molecular weight excluding hydrogens is 168 g/mol. The first-order chi connectivity index (χ1) is 6.06. The van der Waals surface area contributed by atoms with Gasteiger partial charge in [-0.1, -0.05) is 19.8 Å². The van der Waals surface area contributed by atoms with Crippen molar-refractivity contribution in [2.24, 2.45) is 11.8 Å². The number of nitrogens with one attached hydrogen (secondary N) is 1. The molecule has 1 amide bonds. The summed E-state index contributed by atoms with van der Waals surface area (Å²) < 4.78 is 0. The summed E-state index contributed by atoms with van der Waals surface area (Å²) >= 11 is 0. The Morgan fingerprint density at radius 2 is 2.46 bits per heavy atom. The maximum Gasteiger partial charge on any atom is 0.236 e. The third-order valence-electron chi connectivity index (χ3n) is 2.72. The molecule has 1 rings (SSSR count). The van der Waals surface area contributed by atoms with Gasteiger partial charge in [0.25, 0.3) is 0 Å². The van der Waals surface area contributed by atoms with Crippen molar-refractivity contribution < 1.29 is 9.90 Å². The molecule has 4 nitrogen and oxygen atoms in total. The second-order valence-corrected chi connectivity index (χ2v) is 4.17. The molecule has 0 radical (unpaired) electrons. The molecule has 13 heavy (non-hydrogen) atoms. The minimum Gasteiger partial charge on any atom is -0.389 e. The quantitative estimate of drug-likeness (QED) is 0.330. The maximum absolute atomic E-state index is 11.0. The van der Waals surface area contributed by atoms with Gasteiger partial charge in [-0.2, -0.15) is 0 Å². The second-order valence-electron chi connectivity index (χ2n) is 4.17. The predicted molar refractivity (Wildman–Crippen MR) is 49.5 cm³/mol. The zero-order valence-corrected chi connectivity index (χ0v) is 8.05. The first-order valence-electron chi connectivity index (χ1n) is 4.77. The van der Waals surface area contributed by atoms with E-state index in [0.717, 1.165) is 12.8 Å². The molecule has 1 aliphatic rings. The lowest BCUT2D eigenvalue weighted by atomic mass is 9.77. The van der Waals surface area contributed by atoms with Gasteiger partial charge in [-0.25, -0.2) is 5.84 Å². The first-order valence-corrected chi connectivity index (χ1v) is 4.77. The van der Waals surface area contributed by atoms with Crippen LogP contribution >= 0.6 is 0 Å². The largest absolute Gasteiger partial charge is 0.389 e. The molecule has 1 aliphatic carbocycles. The van der Waals surface area contributed by atoms with Crippen LogP contribution in [0.1, 0.15) is 39.0 Å². The van der Waals surface area contributed by atoms with Crippen LogP contribution in [0.5, 0.6) is 0 Å². The van der Waals surface area contributed by atoms with Gasteiger partial charge < -0.3 is 5.11 Å². The number of carbonyl (C=O) groups is 1. The number of amides is 1. The van der Waals surface area contributed by atoms with Crippen molar-refractivity contribution in [1.82, 2.24) is 5.43 Å². The molecule has 0 aromatic heterocycles. The van der Waals surface area contributed by atoms with E-state index in [9.17, 15) is 9.90 Å². The highest BCUT2D eigenvalue weighted by Crippen LogP contribution is 2.34. The molecule has 1 fully saturated rings. The van der Waals surface area contributed by atoms with E-state index in [1.807, 2.05) is 0 Å². The zero-order valence-electron chi connectivity index (χ0n) is 8.05. The normalized spacial score (nSPS) is 34.2. The zero-order chi connectivity index (χ0) is 9.90. The Morgan fingerprint density at radius 3 is 3.00 bits per heavy atom. The molecule has 2 atom stereocenters. The van der Waals surface area contributed by atoms with E-state index in [2.05, 4.69) is 12.3 Å². The molecule has 0 spiro atoms. The van der Waals surface area contributed by atoms with Crippen LogP contribution < -0.4 is 11.3 Å². The summed E-state index contributed by atoms with van der Waals surface area (Å²) in [5.41, 5.74) is 1.24. The van der Waals surface area contributed by atoms with Gasteiger partial charge in [0.1, 0.15) is 0 Å². The van der Waals surface area contributed by atoms with Crippen LogP contribution in [0.4, 0.5) is 0 Å². The Kier molecular flexibility index (Phi) is 3.27. The average molecular weight is 186 g/mol. The summed E-state index contributed by atoms with van der Waals surface area (Å²) in [6.45, 7) is 2.10. The van der Waals surface area contributed by atoms with Crippen LogP contribution in [0.2, 0.25) is 0 Å². The number of aliphatic hydroxyl groups is 1. The average Bonchev–Trinajstić information content (AvgIpc) is 2.02. The lowest BCUT2D eigenvalue weighted by Crippen LogP contribution is -2.42. The van der Waals surface area contributed by atoms with E-state index in [0.29, 0.717) is 18.8 Å². The molecule has 76 valence electrons. The van der Waals surface area contributed by atoms with Gasteiger partial charge in [-0.15, -0.1) is 0 Å². The van der Waals surface area contributed by atoms with Gasteiger partial charge in [-0.05, 0) is 18.8 Å². The summed E-state index contributed by atoms with van der Waals surface area (Å²) in [5.74, 6) is 5.20. The van der Waals surface area contributed by atoms with Gasteiger partial charge in [-0.3, -0.25) is 10.2 Å². The second kappa shape index (κ2) is 4.07. The molecule has 0 aromatic rings. The van der Waals surface area contributed by atoms with Gasteiger partial charge in [0, 0.05) is 0 Å². The van der Waals surface area contributed by atoms with E-state index in [1.54, 1.807) is 0 Å². The van der Waals surface area contributed by atoms with Crippen LogP contribution in [-0.2, 0) is 4.79 Å². The summed E-state index contributed by atoms with van der Waals surface area (Å²) in [6.07, 6.45) is 3.70. The van der Waals surface area contributed by atoms with Crippen molar-refractivity contribution in [3.8, 4) is 0 Å². The van der Waals surface area contributed by atoms with Crippen LogP contribution in [0.25, 0.3) is 0 Å². The Labute approximate surface area is 78.5 Å². The molecule has 4 heteroatoms. The number of nitrogens with two attached hydrogens (primary N) is 1. The van der Waals surface area contributed by atoms with Crippen LogP contribution in [0, 0.1) is 5.92 Å². The molecule has 2 unspecified atom stereocenters. The van der Waals surface area contributed by atoms with Crippen LogP contribution in [0.15, 0.2) is 0 Å². The van der Waals surface area contributed by atoms with Gasteiger partial charge in [0.2, 0.25) is 5.91 Å². The van der Waals surface area contributed by atoms with Crippen molar-refractivity contribution in [2.75, 3.05) is 0 Å². The van der Waals surface area contributed by atoms with Gasteiger partial charge >= 0.3 is 0 Å². The molecule has 0 aliphatic heterocycles. The van der Waals surface area contributed by atoms with Crippen LogP contribution in [-0.4, -0.2) is 16.6 Å². The first kappa shape index (κ1) is 10.5. The molecule has 0 heterocycles. The highest BCUT2D eigenvalue weighted by Gasteiger charge is 2.34. The fourth-order valence-electron chi connectivity index (χ4n) is 2.14. The van der Waals surface area contributed by atoms with Crippen molar-refractivity contribution in [1.29, 1.82) is 0 Å². The fourth-order valence-corrected chi connectivity index (χ4v) is 2.14. The summed E-state index contributed by atoms with van der Waals surface area (Å²) in [6, 6.07) is 0. The van der Waals surface area contributed by atoms with E-state index in [1.165, 1.54) is 0 Å². The lowest BCUT2D eigenvalue weighted by molar-refractivity contribution is -0.128. The summed E-state index contributed by atoms with van der Waals surface area (Å²) in [4.78, 5) is 11.0. The number of rotatable bonds is 2. The highest BCUT2D eigenvalue weighted by molar-refractivity contribution is 5.76.